The lowest BCUT2D eigenvalue weighted by molar-refractivity contribution is 0.112. The lowest BCUT2D eigenvalue weighted by Crippen LogP contribution is -2.15. The maximum atomic E-state index is 13.1. The number of rotatable bonds is 4. The zero-order valence-corrected chi connectivity index (χ0v) is 9.92. The van der Waals surface area contributed by atoms with Crippen molar-refractivity contribution in [1.29, 1.82) is 0 Å². The van der Waals surface area contributed by atoms with Gasteiger partial charge in [-0.2, -0.15) is 0 Å². The Hall–Kier alpha value is -1.98. The highest BCUT2D eigenvalue weighted by Gasteiger charge is 2.24. The summed E-state index contributed by atoms with van der Waals surface area (Å²) in [5.74, 6) is -0.390. The fourth-order valence-electron chi connectivity index (χ4n) is 1.83. The Balaban J connectivity index is 2.27. The molecule has 0 saturated heterocycles. The summed E-state index contributed by atoms with van der Waals surface area (Å²) in [7, 11) is 1.73. The van der Waals surface area contributed by atoms with Crippen molar-refractivity contribution in [3.63, 3.8) is 0 Å². The highest BCUT2D eigenvalue weighted by molar-refractivity contribution is 5.42. The van der Waals surface area contributed by atoms with Crippen molar-refractivity contribution in [2.75, 3.05) is 5.73 Å². The normalized spacial score (nSPS) is 12.9. The topological polar surface area (TPSA) is 56.7 Å². The van der Waals surface area contributed by atoms with Crippen molar-refractivity contribution in [3.8, 4) is 0 Å². The van der Waals surface area contributed by atoms with Gasteiger partial charge in [-0.05, 0) is 17.7 Å². The third kappa shape index (κ3) is 2.64. The highest BCUT2D eigenvalue weighted by Crippen LogP contribution is 2.27. The fourth-order valence-corrected chi connectivity index (χ4v) is 1.83. The molecule has 18 heavy (non-hydrogen) atoms. The van der Waals surface area contributed by atoms with Crippen LogP contribution in [0.25, 0.3) is 0 Å². The molecule has 2 N–H and O–H groups in total. The summed E-state index contributed by atoms with van der Waals surface area (Å²) in [6.07, 6.45) is -0.835. The molecular weight excluding hydrogens is 238 g/mol. The van der Waals surface area contributed by atoms with Crippen LogP contribution in [0.5, 0.6) is 0 Å². The molecule has 1 atom stereocenters. The zero-order chi connectivity index (χ0) is 13.1. The Bertz CT molecular complexity index is 524. The van der Waals surface area contributed by atoms with Gasteiger partial charge in [-0.25, -0.2) is 8.78 Å². The molecule has 0 unspecified atom stereocenters. The van der Waals surface area contributed by atoms with Gasteiger partial charge in [0.1, 0.15) is 12.2 Å². The molecule has 2 rings (SSSR count). The van der Waals surface area contributed by atoms with E-state index in [0.717, 1.165) is 0 Å². The van der Waals surface area contributed by atoms with Crippen molar-refractivity contribution >= 4 is 5.69 Å². The van der Waals surface area contributed by atoms with Crippen LogP contribution in [-0.2, 0) is 13.5 Å². The van der Waals surface area contributed by atoms with Crippen molar-refractivity contribution in [3.05, 3.63) is 42.0 Å². The Labute approximate surface area is 103 Å². The molecule has 0 amide bonds. The second kappa shape index (κ2) is 5.12. The number of hydrogen-bond acceptors (Lipinski definition) is 3. The van der Waals surface area contributed by atoms with Gasteiger partial charge in [0.2, 0.25) is 6.43 Å². The summed E-state index contributed by atoms with van der Waals surface area (Å²) in [6.45, 7) is 0. The van der Waals surface area contributed by atoms with E-state index in [1.54, 1.807) is 35.9 Å². The van der Waals surface area contributed by atoms with Gasteiger partial charge < -0.3 is 10.3 Å². The quantitative estimate of drug-likeness (QED) is 0.846. The molecule has 0 aliphatic carbocycles. The molecule has 0 radical (unpaired) electrons. The van der Waals surface area contributed by atoms with Crippen LogP contribution < -0.4 is 5.73 Å². The third-order valence-electron chi connectivity index (χ3n) is 2.85. The minimum absolute atomic E-state index is 0.137. The summed E-state index contributed by atoms with van der Waals surface area (Å²) in [4.78, 5) is 0. The Morgan fingerprint density at radius 1 is 1.39 bits per heavy atom. The number of nitrogens with two attached hydrogens (primary N) is 1. The van der Waals surface area contributed by atoms with Crippen LogP contribution >= 0.6 is 0 Å². The van der Waals surface area contributed by atoms with Gasteiger partial charge in [0.25, 0.3) is 0 Å². The first-order valence-corrected chi connectivity index (χ1v) is 5.54. The number of anilines is 1. The molecule has 1 aromatic carbocycles. The van der Waals surface area contributed by atoms with Gasteiger partial charge in [0, 0.05) is 19.2 Å². The van der Waals surface area contributed by atoms with E-state index in [0.29, 0.717) is 17.1 Å². The monoisotopic (exact) mass is 252 g/mol. The predicted molar refractivity (Wildman–Crippen MR) is 64.3 cm³/mol. The van der Waals surface area contributed by atoms with E-state index < -0.39 is 12.3 Å². The number of benzene rings is 1. The molecule has 0 fully saturated rings. The summed E-state index contributed by atoms with van der Waals surface area (Å²) < 4.78 is 27.9. The van der Waals surface area contributed by atoms with Crippen LogP contribution in [0.2, 0.25) is 0 Å². The minimum atomic E-state index is -2.47. The molecule has 0 saturated carbocycles. The largest absolute Gasteiger partial charge is 0.399 e. The second-order valence-corrected chi connectivity index (χ2v) is 4.17. The molecule has 1 aromatic heterocycles. The van der Waals surface area contributed by atoms with Gasteiger partial charge in [-0.15, -0.1) is 10.2 Å². The van der Waals surface area contributed by atoms with Crippen LogP contribution in [0, 0.1) is 0 Å². The van der Waals surface area contributed by atoms with E-state index in [2.05, 4.69) is 10.2 Å². The molecular formula is C12H14F2N4. The lowest BCUT2D eigenvalue weighted by Gasteiger charge is -2.16. The van der Waals surface area contributed by atoms with Crippen molar-refractivity contribution < 1.29 is 8.78 Å². The SMILES string of the molecule is Cn1cnnc1C[C@@H](c1cccc(N)c1)C(F)F. The van der Waals surface area contributed by atoms with E-state index in [4.69, 9.17) is 5.73 Å². The summed E-state index contributed by atoms with van der Waals surface area (Å²) in [5.41, 5.74) is 6.63. The first-order valence-electron chi connectivity index (χ1n) is 5.54. The van der Waals surface area contributed by atoms with Crippen LogP contribution in [0.15, 0.2) is 30.6 Å². The van der Waals surface area contributed by atoms with Crippen molar-refractivity contribution in [1.82, 2.24) is 14.8 Å². The van der Waals surface area contributed by atoms with Gasteiger partial charge in [-0.3, -0.25) is 0 Å². The molecule has 0 aliphatic rings. The molecule has 4 nitrogen and oxygen atoms in total. The third-order valence-corrected chi connectivity index (χ3v) is 2.85. The molecule has 2 aromatic rings. The number of hydrogen-bond donors (Lipinski definition) is 1. The number of nitrogens with zero attached hydrogens (tertiary/aromatic N) is 3. The van der Waals surface area contributed by atoms with Gasteiger partial charge in [0.15, 0.2) is 0 Å². The smallest absolute Gasteiger partial charge is 0.245 e. The number of aromatic nitrogens is 3. The molecule has 96 valence electrons. The van der Waals surface area contributed by atoms with Crippen LogP contribution in [0.4, 0.5) is 14.5 Å². The van der Waals surface area contributed by atoms with E-state index in [1.807, 2.05) is 0 Å². The molecule has 0 bridgehead atoms. The Morgan fingerprint density at radius 2 is 2.17 bits per heavy atom. The second-order valence-electron chi connectivity index (χ2n) is 4.17. The van der Waals surface area contributed by atoms with Gasteiger partial charge in [0.05, 0.1) is 5.92 Å². The van der Waals surface area contributed by atoms with Gasteiger partial charge in [-0.1, -0.05) is 12.1 Å². The van der Waals surface area contributed by atoms with E-state index in [9.17, 15) is 8.78 Å². The molecule has 0 aliphatic heterocycles. The highest BCUT2D eigenvalue weighted by atomic mass is 19.3. The van der Waals surface area contributed by atoms with E-state index >= 15 is 0 Å². The van der Waals surface area contributed by atoms with Crippen LogP contribution in [0.1, 0.15) is 17.3 Å². The van der Waals surface area contributed by atoms with Crippen LogP contribution in [-0.4, -0.2) is 21.2 Å². The summed E-state index contributed by atoms with van der Waals surface area (Å²) >= 11 is 0. The first-order chi connectivity index (χ1) is 8.58. The standard InChI is InChI=1S/C12H14F2N4/c1-18-7-16-17-11(18)6-10(12(13)14)8-3-2-4-9(15)5-8/h2-5,7,10,12H,6,15H2,1H3/t10-/m0/s1. The van der Waals surface area contributed by atoms with E-state index in [-0.39, 0.29) is 6.42 Å². The van der Waals surface area contributed by atoms with Crippen molar-refractivity contribution in [2.24, 2.45) is 7.05 Å². The number of nitrogen functional groups attached to an aromatic ring is 1. The average Bonchev–Trinajstić information content (AvgIpc) is 2.71. The number of halogens is 2. The average molecular weight is 252 g/mol. The van der Waals surface area contributed by atoms with Crippen molar-refractivity contribution in [2.45, 2.75) is 18.8 Å². The Kier molecular flexibility index (Phi) is 3.55. The minimum Gasteiger partial charge on any atom is -0.399 e. The molecule has 1 heterocycles. The molecule has 0 spiro atoms. The summed E-state index contributed by atoms with van der Waals surface area (Å²) in [5, 5.41) is 7.52. The first kappa shape index (κ1) is 12.5. The zero-order valence-electron chi connectivity index (χ0n) is 9.92. The maximum absolute atomic E-state index is 13.1. The number of alkyl halides is 2. The maximum Gasteiger partial charge on any atom is 0.245 e. The van der Waals surface area contributed by atoms with Gasteiger partial charge >= 0.3 is 0 Å². The predicted octanol–water partition coefficient (Wildman–Crippen LogP) is 1.99. The van der Waals surface area contributed by atoms with E-state index in [1.165, 1.54) is 6.33 Å². The Morgan fingerprint density at radius 3 is 2.72 bits per heavy atom. The molecule has 6 heteroatoms. The number of aryl methyl sites for hydroxylation is 1. The lowest BCUT2D eigenvalue weighted by atomic mass is 9.95. The fraction of sp³-hybridized carbons (Fsp3) is 0.333. The van der Waals surface area contributed by atoms with Crippen LogP contribution in [0.3, 0.4) is 0 Å². The summed E-state index contributed by atoms with van der Waals surface area (Å²) in [6, 6.07) is 6.59.